The number of nitrogens with two attached hydrogens (primary N) is 1. The van der Waals surface area contributed by atoms with Gasteiger partial charge >= 0.3 is 5.97 Å². The van der Waals surface area contributed by atoms with Gasteiger partial charge in [-0.25, -0.2) is 18.5 Å². The van der Waals surface area contributed by atoms with E-state index in [0.717, 1.165) is 17.0 Å². The standard InChI is InChI=1S/C15H20N4O4S/c1-19-7-6-18-14(19)9-12-8-13(24(16,22)23)3-2-11(12)4-5-17-10-15(20)21/h2-3,6-8,17H,4-5,9-10H2,1H3,(H,20,21)(H2,16,22,23). The van der Waals surface area contributed by atoms with Crippen molar-refractivity contribution in [1.82, 2.24) is 14.9 Å². The van der Waals surface area contributed by atoms with Crippen molar-refractivity contribution in [2.45, 2.75) is 17.7 Å². The van der Waals surface area contributed by atoms with E-state index in [-0.39, 0.29) is 11.4 Å². The summed E-state index contributed by atoms with van der Waals surface area (Å²) in [4.78, 5) is 14.8. The Bertz CT molecular complexity index is 830. The number of rotatable bonds is 8. The summed E-state index contributed by atoms with van der Waals surface area (Å²) in [6.45, 7) is 0.346. The van der Waals surface area contributed by atoms with Gasteiger partial charge in [0.1, 0.15) is 5.82 Å². The Morgan fingerprint density at radius 2 is 2.12 bits per heavy atom. The van der Waals surface area contributed by atoms with Crippen molar-refractivity contribution in [2.24, 2.45) is 12.2 Å². The highest BCUT2D eigenvalue weighted by Crippen LogP contribution is 2.18. The van der Waals surface area contributed by atoms with Gasteiger partial charge in [-0.1, -0.05) is 6.07 Å². The monoisotopic (exact) mass is 352 g/mol. The lowest BCUT2D eigenvalue weighted by atomic mass is 10.0. The second-order valence-electron chi connectivity index (χ2n) is 5.43. The molecule has 0 atom stereocenters. The van der Waals surface area contributed by atoms with Crippen molar-refractivity contribution in [1.29, 1.82) is 0 Å². The molecule has 1 aromatic carbocycles. The van der Waals surface area contributed by atoms with Crippen molar-refractivity contribution < 1.29 is 18.3 Å². The molecule has 130 valence electrons. The molecule has 9 heteroatoms. The van der Waals surface area contributed by atoms with Gasteiger partial charge in [-0.05, 0) is 36.2 Å². The highest BCUT2D eigenvalue weighted by Gasteiger charge is 2.13. The molecule has 0 amide bonds. The van der Waals surface area contributed by atoms with E-state index in [9.17, 15) is 13.2 Å². The molecule has 24 heavy (non-hydrogen) atoms. The number of nitrogens with zero attached hydrogens (tertiary/aromatic N) is 2. The summed E-state index contributed by atoms with van der Waals surface area (Å²) in [6, 6.07) is 4.72. The average molecular weight is 352 g/mol. The molecule has 8 nitrogen and oxygen atoms in total. The van der Waals surface area contributed by atoms with Crippen LogP contribution in [-0.2, 0) is 34.7 Å². The number of hydrogen-bond donors (Lipinski definition) is 3. The van der Waals surface area contributed by atoms with Gasteiger partial charge in [-0.15, -0.1) is 0 Å². The SMILES string of the molecule is Cn1ccnc1Cc1cc(S(N)(=O)=O)ccc1CCNCC(=O)O. The number of carboxylic acid groups (broad SMARTS) is 1. The van der Waals surface area contributed by atoms with E-state index < -0.39 is 16.0 Å². The first-order valence-electron chi connectivity index (χ1n) is 7.30. The molecule has 0 aliphatic heterocycles. The number of imidazole rings is 1. The van der Waals surface area contributed by atoms with E-state index >= 15 is 0 Å². The summed E-state index contributed by atoms with van der Waals surface area (Å²) in [6.07, 6.45) is 4.51. The van der Waals surface area contributed by atoms with Crippen molar-refractivity contribution in [3.05, 3.63) is 47.5 Å². The van der Waals surface area contributed by atoms with Gasteiger partial charge in [0.2, 0.25) is 10.0 Å². The lowest BCUT2D eigenvalue weighted by molar-refractivity contribution is -0.135. The maximum atomic E-state index is 11.6. The van der Waals surface area contributed by atoms with E-state index in [1.54, 1.807) is 18.3 Å². The molecule has 0 saturated carbocycles. The summed E-state index contributed by atoms with van der Waals surface area (Å²) >= 11 is 0. The van der Waals surface area contributed by atoms with Gasteiger partial charge in [0.05, 0.1) is 11.4 Å². The van der Waals surface area contributed by atoms with Crippen molar-refractivity contribution in [2.75, 3.05) is 13.1 Å². The van der Waals surface area contributed by atoms with Crippen LogP contribution in [0.4, 0.5) is 0 Å². The quantitative estimate of drug-likeness (QED) is 0.568. The minimum absolute atomic E-state index is 0.0500. The topological polar surface area (TPSA) is 127 Å². The second kappa shape index (κ2) is 7.56. The summed E-state index contributed by atoms with van der Waals surface area (Å²) in [5.74, 6) is -0.130. The second-order valence-corrected chi connectivity index (χ2v) is 6.99. The largest absolute Gasteiger partial charge is 0.480 e. The van der Waals surface area contributed by atoms with E-state index in [1.807, 2.05) is 17.8 Å². The Labute approximate surface area is 140 Å². The first-order chi connectivity index (χ1) is 11.3. The van der Waals surface area contributed by atoms with Gasteiger partial charge in [0.25, 0.3) is 0 Å². The maximum Gasteiger partial charge on any atom is 0.317 e. The molecule has 0 unspecified atom stereocenters. The summed E-state index contributed by atoms with van der Waals surface area (Å²) in [7, 11) is -1.93. The molecule has 0 saturated heterocycles. The lowest BCUT2D eigenvalue weighted by Crippen LogP contribution is -2.25. The molecule has 0 aliphatic carbocycles. The number of hydrogen-bond acceptors (Lipinski definition) is 5. The smallest absolute Gasteiger partial charge is 0.317 e. The van der Waals surface area contributed by atoms with Gasteiger partial charge in [-0.2, -0.15) is 0 Å². The van der Waals surface area contributed by atoms with Crippen LogP contribution in [0.25, 0.3) is 0 Å². The number of primary sulfonamides is 1. The summed E-state index contributed by atoms with van der Waals surface area (Å²) in [5.41, 5.74) is 1.72. The van der Waals surface area contributed by atoms with Crippen LogP contribution in [0.3, 0.4) is 0 Å². The van der Waals surface area contributed by atoms with Crippen LogP contribution in [0, 0.1) is 0 Å². The van der Waals surface area contributed by atoms with Crippen LogP contribution < -0.4 is 10.5 Å². The molecule has 0 spiro atoms. The number of carboxylic acids is 1. The van der Waals surface area contributed by atoms with Gasteiger partial charge < -0.3 is 15.0 Å². The normalized spacial score (nSPS) is 11.6. The molecule has 0 fully saturated rings. The van der Waals surface area contributed by atoms with Gasteiger partial charge in [-0.3, -0.25) is 4.79 Å². The molecular weight excluding hydrogens is 332 g/mol. The Hall–Kier alpha value is -2.23. The number of nitrogens with one attached hydrogen (secondary N) is 1. The van der Waals surface area contributed by atoms with Crippen LogP contribution >= 0.6 is 0 Å². The number of aromatic nitrogens is 2. The third-order valence-corrected chi connectivity index (χ3v) is 4.53. The Morgan fingerprint density at radius 1 is 1.38 bits per heavy atom. The zero-order chi connectivity index (χ0) is 17.7. The first kappa shape index (κ1) is 18.1. The fraction of sp³-hybridized carbons (Fsp3) is 0.333. The molecule has 0 aliphatic rings. The molecule has 0 bridgehead atoms. The van der Waals surface area contributed by atoms with Crippen LogP contribution in [0.2, 0.25) is 0 Å². The molecule has 0 radical (unpaired) electrons. The predicted molar refractivity (Wildman–Crippen MR) is 88.0 cm³/mol. The van der Waals surface area contributed by atoms with Gasteiger partial charge in [0.15, 0.2) is 0 Å². The zero-order valence-electron chi connectivity index (χ0n) is 13.3. The van der Waals surface area contributed by atoms with E-state index in [1.165, 1.54) is 6.07 Å². The van der Waals surface area contributed by atoms with E-state index in [2.05, 4.69) is 10.3 Å². The molecule has 2 rings (SSSR count). The van der Waals surface area contributed by atoms with E-state index in [4.69, 9.17) is 10.2 Å². The number of carbonyl (C=O) groups is 1. The summed E-state index contributed by atoms with van der Waals surface area (Å²) < 4.78 is 25.0. The van der Waals surface area contributed by atoms with Crippen LogP contribution in [0.15, 0.2) is 35.5 Å². The number of benzene rings is 1. The molecule has 1 heterocycles. The van der Waals surface area contributed by atoms with Crippen molar-refractivity contribution >= 4 is 16.0 Å². The maximum absolute atomic E-state index is 11.6. The highest BCUT2D eigenvalue weighted by atomic mass is 32.2. The lowest BCUT2D eigenvalue weighted by Gasteiger charge is -2.12. The third kappa shape index (κ3) is 4.88. The van der Waals surface area contributed by atoms with Crippen molar-refractivity contribution in [3.8, 4) is 0 Å². The summed E-state index contributed by atoms with van der Waals surface area (Å²) in [5, 5.41) is 16.7. The fourth-order valence-electron chi connectivity index (χ4n) is 2.34. The zero-order valence-corrected chi connectivity index (χ0v) is 14.1. The van der Waals surface area contributed by atoms with Crippen molar-refractivity contribution in [3.63, 3.8) is 0 Å². The minimum atomic E-state index is -3.79. The molecule has 1 aromatic heterocycles. The molecule has 4 N–H and O–H groups in total. The molecule has 2 aromatic rings. The Kier molecular flexibility index (Phi) is 5.71. The third-order valence-electron chi connectivity index (χ3n) is 3.62. The van der Waals surface area contributed by atoms with Gasteiger partial charge in [0, 0.05) is 25.9 Å². The average Bonchev–Trinajstić information content (AvgIpc) is 2.89. The Morgan fingerprint density at radius 3 is 2.71 bits per heavy atom. The minimum Gasteiger partial charge on any atom is -0.480 e. The van der Waals surface area contributed by atoms with Crippen LogP contribution in [-0.4, -0.2) is 42.1 Å². The highest BCUT2D eigenvalue weighted by molar-refractivity contribution is 7.89. The Balaban J connectivity index is 2.24. The number of sulfonamides is 1. The van der Waals surface area contributed by atoms with Crippen LogP contribution in [0.5, 0.6) is 0 Å². The molecular formula is C15H20N4O4S. The fourth-order valence-corrected chi connectivity index (χ4v) is 2.91. The number of aryl methyl sites for hydroxylation is 1. The van der Waals surface area contributed by atoms with E-state index in [0.29, 0.717) is 19.4 Å². The first-order valence-corrected chi connectivity index (χ1v) is 8.85. The number of aliphatic carboxylic acids is 1. The van der Waals surface area contributed by atoms with Crippen LogP contribution in [0.1, 0.15) is 17.0 Å². The predicted octanol–water partition coefficient (Wildman–Crippen LogP) is -0.125.